The summed E-state index contributed by atoms with van der Waals surface area (Å²) in [5, 5.41) is 0. The highest BCUT2D eigenvalue weighted by Gasteiger charge is 2.48. The Balaban J connectivity index is 1.96. The van der Waals surface area contributed by atoms with E-state index in [1.807, 2.05) is 0 Å². The molecule has 2 aromatic carbocycles. The Hall–Kier alpha value is -2.37. The van der Waals surface area contributed by atoms with Gasteiger partial charge in [0.05, 0.1) is 12.0 Å². The highest BCUT2D eigenvalue weighted by molar-refractivity contribution is 5.72. The third-order valence-corrected chi connectivity index (χ3v) is 5.17. The van der Waals surface area contributed by atoms with Gasteiger partial charge in [0.15, 0.2) is 11.6 Å². The molecule has 3 unspecified atom stereocenters. The van der Waals surface area contributed by atoms with Gasteiger partial charge in [0.1, 0.15) is 18.6 Å². The van der Waals surface area contributed by atoms with Crippen LogP contribution in [0.25, 0.3) is 11.1 Å². The molecule has 0 aromatic heterocycles. The van der Waals surface area contributed by atoms with E-state index in [-0.39, 0.29) is 30.8 Å². The van der Waals surface area contributed by atoms with Gasteiger partial charge in [-0.1, -0.05) is 24.3 Å². The molecule has 3 rings (SSSR count). The van der Waals surface area contributed by atoms with E-state index >= 15 is 0 Å². The average Bonchev–Trinajstić information content (AvgIpc) is 2.68. The number of rotatable bonds is 5. The van der Waals surface area contributed by atoms with E-state index < -0.39 is 29.4 Å². The second kappa shape index (κ2) is 7.71. The van der Waals surface area contributed by atoms with Crippen molar-refractivity contribution in [3.05, 3.63) is 53.6 Å². The standard InChI is InChI=1S/C21H20F4O2/c1-2-27-17-10-9-15(18(23)19(17)24)13-5-7-14(8-6-13)21(12-26)11-3-4-16(22)20(21)25/h5-10,12,16,20H,2-4,11H2,1H3. The first-order valence-electron chi connectivity index (χ1n) is 8.90. The van der Waals surface area contributed by atoms with Gasteiger partial charge in [-0.3, -0.25) is 0 Å². The fourth-order valence-corrected chi connectivity index (χ4v) is 3.67. The van der Waals surface area contributed by atoms with Crippen molar-refractivity contribution in [3.8, 4) is 16.9 Å². The molecular weight excluding hydrogens is 360 g/mol. The molecule has 1 aliphatic carbocycles. The number of carbonyl (C=O) groups is 1. The highest BCUT2D eigenvalue weighted by atomic mass is 19.2. The molecule has 1 fully saturated rings. The predicted octanol–water partition coefficient (Wildman–Crippen LogP) is 5.33. The van der Waals surface area contributed by atoms with Crippen LogP contribution in [0.2, 0.25) is 0 Å². The SMILES string of the molecule is CCOc1ccc(-c2ccc(C3(C=O)CCCC(F)C3F)cc2)c(F)c1F. The maximum absolute atomic E-state index is 14.5. The zero-order chi connectivity index (χ0) is 19.6. The van der Waals surface area contributed by atoms with Crippen molar-refractivity contribution in [2.75, 3.05) is 6.61 Å². The molecule has 0 saturated heterocycles. The Morgan fingerprint density at radius 2 is 1.81 bits per heavy atom. The normalized spacial score (nSPS) is 25.2. The molecule has 0 aliphatic heterocycles. The second-order valence-electron chi connectivity index (χ2n) is 6.72. The van der Waals surface area contributed by atoms with E-state index in [9.17, 15) is 22.4 Å². The summed E-state index contributed by atoms with van der Waals surface area (Å²) in [6.07, 6.45) is -2.44. The maximum atomic E-state index is 14.5. The molecule has 0 heterocycles. The van der Waals surface area contributed by atoms with Crippen LogP contribution < -0.4 is 4.74 Å². The summed E-state index contributed by atoms with van der Waals surface area (Å²) in [6, 6.07) is 8.64. The molecule has 1 aliphatic rings. The van der Waals surface area contributed by atoms with Crippen molar-refractivity contribution in [3.63, 3.8) is 0 Å². The lowest BCUT2D eigenvalue weighted by Crippen LogP contribution is -2.47. The zero-order valence-corrected chi connectivity index (χ0v) is 14.9. The van der Waals surface area contributed by atoms with Crippen LogP contribution in [0.15, 0.2) is 36.4 Å². The van der Waals surface area contributed by atoms with E-state index in [1.54, 1.807) is 6.92 Å². The van der Waals surface area contributed by atoms with Crippen LogP contribution in [0.3, 0.4) is 0 Å². The second-order valence-corrected chi connectivity index (χ2v) is 6.72. The summed E-state index contributed by atoms with van der Waals surface area (Å²) in [6.45, 7) is 1.87. The lowest BCUT2D eigenvalue weighted by molar-refractivity contribution is -0.118. The Kier molecular flexibility index (Phi) is 5.53. The van der Waals surface area contributed by atoms with Gasteiger partial charge >= 0.3 is 0 Å². The Labute approximate surface area is 155 Å². The van der Waals surface area contributed by atoms with Crippen molar-refractivity contribution in [2.45, 2.75) is 43.9 Å². The minimum Gasteiger partial charge on any atom is -0.491 e. The number of aldehydes is 1. The lowest BCUT2D eigenvalue weighted by Gasteiger charge is -2.37. The van der Waals surface area contributed by atoms with E-state index in [4.69, 9.17) is 4.74 Å². The van der Waals surface area contributed by atoms with Crippen molar-refractivity contribution in [1.82, 2.24) is 0 Å². The van der Waals surface area contributed by atoms with Crippen molar-refractivity contribution < 1.29 is 27.1 Å². The lowest BCUT2D eigenvalue weighted by atomic mass is 9.68. The number of carbonyl (C=O) groups excluding carboxylic acids is 1. The summed E-state index contributed by atoms with van der Waals surface area (Å²) in [5.74, 6) is -2.31. The first-order chi connectivity index (χ1) is 12.9. The van der Waals surface area contributed by atoms with Crippen LogP contribution in [0, 0.1) is 11.6 Å². The van der Waals surface area contributed by atoms with Crippen LogP contribution in [-0.2, 0) is 10.2 Å². The molecule has 0 spiro atoms. The first-order valence-corrected chi connectivity index (χ1v) is 8.90. The summed E-state index contributed by atoms with van der Waals surface area (Å²) in [7, 11) is 0. The molecule has 0 amide bonds. The Morgan fingerprint density at radius 3 is 2.44 bits per heavy atom. The number of halogens is 4. The molecule has 1 saturated carbocycles. The smallest absolute Gasteiger partial charge is 0.201 e. The van der Waals surface area contributed by atoms with Crippen molar-refractivity contribution >= 4 is 6.29 Å². The number of ether oxygens (including phenoxy) is 1. The van der Waals surface area contributed by atoms with Crippen LogP contribution in [0.5, 0.6) is 5.75 Å². The van der Waals surface area contributed by atoms with Gasteiger partial charge in [-0.05, 0) is 49.4 Å². The number of alkyl halides is 2. The maximum Gasteiger partial charge on any atom is 0.201 e. The molecule has 0 N–H and O–H groups in total. The van der Waals surface area contributed by atoms with Crippen LogP contribution in [0.1, 0.15) is 31.7 Å². The van der Waals surface area contributed by atoms with Crippen LogP contribution >= 0.6 is 0 Å². The minimum atomic E-state index is -1.92. The van der Waals surface area contributed by atoms with E-state index in [0.717, 1.165) is 0 Å². The number of hydrogen-bond acceptors (Lipinski definition) is 2. The third kappa shape index (κ3) is 3.33. The largest absolute Gasteiger partial charge is 0.491 e. The molecule has 144 valence electrons. The van der Waals surface area contributed by atoms with Gasteiger partial charge in [0, 0.05) is 5.56 Å². The van der Waals surface area contributed by atoms with Gasteiger partial charge in [-0.2, -0.15) is 4.39 Å². The fourth-order valence-electron chi connectivity index (χ4n) is 3.67. The quantitative estimate of drug-likeness (QED) is 0.518. The zero-order valence-electron chi connectivity index (χ0n) is 14.9. The van der Waals surface area contributed by atoms with Gasteiger partial charge in [-0.15, -0.1) is 0 Å². The Bertz CT molecular complexity index is 822. The van der Waals surface area contributed by atoms with Gasteiger partial charge in [-0.25, -0.2) is 13.2 Å². The highest BCUT2D eigenvalue weighted by Crippen LogP contribution is 2.42. The van der Waals surface area contributed by atoms with E-state index in [1.165, 1.54) is 36.4 Å². The van der Waals surface area contributed by atoms with Gasteiger partial charge < -0.3 is 9.53 Å². The summed E-state index contributed by atoms with van der Waals surface area (Å²) < 4.78 is 61.8. The van der Waals surface area contributed by atoms with Crippen LogP contribution in [-0.4, -0.2) is 25.2 Å². The average molecular weight is 380 g/mol. The number of hydrogen-bond donors (Lipinski definition) is 0. The van der Waals surface area contributed by atoms with E-state index in [0.29, 0.717) is 23.8 Å². The minimum absolute atomic E-state index is 0.0199. The first kappa shape index (κ1) is 19.4. The van der Waals surface area contributed by atoms with Crippen LogP contribution in [0.4, 0.5) is 17.6 Å². The third-order valence-electron chi connectivity index (χ3n) is 5.17. The van der Waals surface area contributed by atoms with Gasteiger partial charge in [0.25, 0.3) is 0 Å². The topological polar surface area (TPSA) is 26.3 Å². The molecule has 6 heteroatoms. The molecular formula is C21H20F4O2. The van der Waals surface area contributed by atoms with Crippen molar-refractivity contribution in [2.24, 2.45) is 0 Å². The van der Waals surface area contributed by atoms with Gasteiger partial charge in [0.2, 0.25) is 5.82 Å². The molecule has 3 atom stereocenters. The Morgan fingerprint density at radius 1 is 1.11 bits per heavy atom. The predicted molar refractivity (Wildman–Crippen MR) is 94.3 cm³/mol. The summed E-state index contributed by atoms with van der Waals surface area (Å²) in [4.78, 5) is 11.7. The monoisotopic (exact) mass is 380 g/mol. The molecule has 2 nitrogen and oxygen atoms in total. The summed E-state index contributed by atoms with van der Waals surface area (Å²) >= 11 is 0. The molecule has 2 aromatic rings. The fraction of sp³-hybridized carbons (Fsp3) is 0.381. The van der Waals surface area contributed by atoms with Crippen molar-refractivity contribution in [1.29, 1.82) is 0 Å². The molecule has 0 bridgehead atoms. The molecule has 27 heavy (non-hydrogen) atoms. The number of benzene rings is 2. The summed E-state index contributed by atoms with van der Waals surface area (Å²) in [5.41, 5.74) is -0.824. The van der Waals surface area contributed by atoms with E-state index in [2.05, 4.69) is 0 Å². The molecule has 0 radical (unpaired) electrons.